The summed E-state index contributed by atoms with van der Waals surface area (Å²) >= 11 is 1.49. The van der Waals surface area contributed by atoms with E-state index in [0.717, 1.165) is 0 Å². The highest BCUT2D eigenvalue weighted by Gasteiger charge is 2.38. The van der Waals surface area contributed by atoms with Gasteiger partial charge in [0.15, 0.2) is 0 Å². The SMILES string of the molecule is CSCCC(NC(=O)C(N)C(C)O)C(=O)NC(CCCCN)C(=O)N1CCCC1C(=O)O. The molecule has 3 amide bonds. The van der Waals surface area contributed by atoms with Gasteiger partial charge in [-0.2, -0.15) is 11.8 Å². The van der Waals surface area contributed by atoms with Crippen molar-refractivity contribution in [2.45, 2.75) is 75.7 Å². The first-order valence-electron chi connectivity index (χ1n) is 10.9. The Morgan fingerprint density at radius 1 is 1.12 bits per heavy atom. The lowest BCUT2D eigenvalue weighted by molar-refractivity contribution is -0.149. The lowest BCUT2D eigenvalue weighted by Gasteiger charge is -2.29. The minimum Gasteiger partial charge on any atom is -0.480 e. The van der Waals surface area contributed by atoms with E-state index in [4.69, 9.17) is 11.5 Å². The maximum absolute atomic E-state index is 13.1. The molecule has 32 heavy (non-hydrogen) atoms. The fourth-order valence-electron chi connectivity index (χ4n) is 3.50. The van der Waals surface area contributed by atoms with Crippen molar-refractivity contribution in [1.29, 1.82) is 0 Å². The number of nitrogens with one attached hydrogen (secondary N) is 2. The molecule has 0 aliphatic carbocycles. The molecule has 0 aromatic rings. The number of amides is 3. The van der Waals surface area contributed by atoms with E-state index >= 15 is 0 Å². The van der Waals surface area contributed by atoms with Crippen molar-refractivity contribution in [3.8, 4) is 0 Å². The first-order valence-corrected chi connectivity index (χ1v) is 12.3. The molecule has 1 heterocycles. The number of carboxylic acids is 1. The fourth-order valence-corrected chi connectivity index (χ4v) is 3.97. The van der Waals surface area contributed by atoms with E-state index in [1.165, 1.54) is 23.6 Å². The minimum absolute atomic E-state index is 0.302. The van der Waals surface area contributed by atoms with Crippen LogP contribution in [0, 0.1) is 0 Å². The molecule has 1 aliphatic rings. The molecule has 184 valence electrons. The Labute approximate surface area is 193 Å². The second-order valence-corrected chi connectivity index (χ2v) is 8.97. The van der Waals surface area contributed by atoms with Crippen LogP contribution in [0.5, 0.6) is 0 Å². The van der Waals surface area contributed by atoms with E-state index in [9.17, 15) is 29.4 Å². The highest BCUT2D eigenvalue weighted by molar-refractivity contribution is 7.98. The van der Waals surface area contributed by atoms with Gasteiger partial charge in [0, 0.05) is 6.54 Å². The van der Waals surface area contributed by atoms with Crippen molar-refractivity contribution in [2.75, 3.05) is 25.1 Å². The van der Waals surface area contributed by atoms with Crippen LogP contribution in [0.1, 0.15) is 45.4 Å². The third-order valence-corrected chi connectivity index (χ3v) is 6.09. The predicted molar refractivity (Wildman–Crippen MR) is 122 cm³/mol. The zero-order chi connectivity index (χ0) is 24.3. The van der Waals surface area contributed by atoms with Crippen molar-refractivity contribution >= 4 is 35.5 Å². The summed E-state index contributed by atoms with van der Waals surface area (Å²) in [6.07, 6.45) is 3.55. The van der Waals surface area contributed by atoms with Gasteiger partial charge in [-0.1, -0.05) is 0 Å². The summed E-state index contributed by atoms with van der Waals surface area (Å²) in [5.74, 6) is -2.17. The quantitative estimate of drug-likeness (QED) is 0.165. The maximum Gasteiger partial charge on any atom is 0.326 e. The number of aliphatic carboxylic acids is 1. The predicted octanol–water partition coefficient (Wildman–Crippen LogP) is -1.38. The highest BCUT2D eigenvalue weighted by Crippen LogP contribution is 2.20. The van der Waals surface area contributed by atoms with Crippen LogP contribution >= 0.6 is 11.8 Å². The van der Waals surface area contributed by atoms with Crippen LogP contribution in [0.4, 0.5) is 0 Å². The topological polar surface area (TPSA) is 188 Å². The molecule has 12 heteroatoms. The number of likely N-dealkylation sites (tertiary alicyclic amines) is 1. The first-order chi connectivity index (χ1) is 15.1. The van der Waals surface area contributed by atoms with E-state index in [0.29, 0.717) is 57.4 Å². The molecule has 8 N–H and O–H groups in total. The Hall–Kier alpha value is -1.89. The van der Waals surface area contributed by atoms with Crippen LogP contribution in [0.2, 0.25) is 0 Å². The third kappa shape index (κ3) is 8.57. The van der Waals surface area contributed by atoms with E-state index in [1.807, 2.05) is 6.26 Å². The average Bonchev–Trinajstić information content (AvgIpc) is 3.24. The van der Waals surface area contributed by atoms with Gasteiger partial charge < -0.3 is 37.2 Å². The molecule has 0 saturated carbocycles. The molecular formula is C20H37N5O6S. The number of thioether (sulfide) groups is 1. The lowest BCUT2D eigenvalue weighted by atomic mass is 10.1. The molecule has 1 rings (SSSR count). The number of aliphatic hydroxyl groups excluding tert-OH is 1. The molecule has 0 bridgehead atoms. The number of nitrogens with two attached hydrogens (primary N) is 2. The molecule has 1 fully saturated rings. The normalized spacial score (nSPS) is 19.7. The van der Waals surface area contributed by atoms with E-state index in [2.05, 4.69) is 10.6 Å². The zero-order valence-electron chi connectivity index (χ0n) is 18.8. The number of hydrogen-bond acceptors (Lipinski definition) is 8. The summed E-state index contributed by atoms with van der Waals surface area (Å²) in [7, 11) is 0. The van der Waals surface area contributed by atoms with Crippen molar-refractivity contribution in [1.82, 2.24) is 15.5 Å². The number of nitrogens with zero attached hydrogens (tertiary/aromatic N) is 1. The molecule has 0 aromatic carbocycles. The first kappa shape index (κ1) is 28.1. The number of carbonyl (C=O) groups is 4. The monoisotopic (exact) mass is 475 g/mol. The minimum atomic E-state index is -1.19. The van der Waals surface area contributed by atoms with E-state index in [1.54, 1.807) is 0 Å². The number of unbranched alkanes of at least 4 members (excludes halogenated alkanes) is 1. The van der Waals surface area contributed by atoms with E-state index in [-0.39, 0.29) is 0 Å². The Morgan fingerprint density at radius 3 is 2.34 bits per heavy atom. The molecular weight excluding hydrogens is 438 g/mol. The summed E-state index contributed by atoms with van der Waals surface area (Å²) in [6.45, 7) is 2.12. The van der Waals surface area contributed by atoms with Gasteiger partial charge in [0.05, 0.1) is 6.10 Å². The van der Waals surface area contributed by atoms with Crippen molar-refractivity contribution in [3.63, 3.8) is 0 Å². The summed E-state index contributed by atoms with van der Waals surface area (Å²) in [5, 5.41) is 24.2. The second kappa shape index (κ2) is 14.3. The van der Waals surface area contributed by atoms with Gasteiger partial charge in [-0.3, -0.25) is 14.4 Å². The number of rotatable bonds is 14. The molecule has 5 atom stereocenters. The Bertz CT molecular complexity index is 650. The summed E-state index contributed by atoms with van der Waals surface area (Å²) in [6, 6.07) is -3.97. The Balaban J connectivity index is 2.97. The summed E-state index contributed by atoms with van der Waals surface area (Å²) in [4.78, 5) is 51.2. The van der Waals surface area contributed by atoms with Crippen LogP contribution in [0.15, 0.2) is 0 Å². The molecule has 0 radical (unpaired) electrons. The largest absolute Gasteiger partial charge is 0.480 e. The van der Waals surface area contributed by atoms with Crippen molar-refractivity contribution < 1.29 is 29.4 Å². The van der Waals surface area contributed by atoms with Crippen LogP contribution in [0.3, 0.4) is 0 Å². The Kier molecular flexibility index (Phi) is 12.6. The average molecular weight is 476 g/mol. The van der Waals surface area contributed by atoms with Gasteiger partial charge in [-0.25, -0.2) is 4.79 Å². The Morgan fingerprint density at radius 2 is 1.78 bits per heavy atom. The van der Waals surface area contributed by atoms with Gasteiger partial charge in [0.25, 0.3) is 0 Å². The van der Waals surface area contributed by atoms with Crippen LogP contribution in [-0.2, 0) is 19.2 Å². The smallest absolute Gasteiger partial charge is 0.326 e. The van der Waals surface area contributed by atoms with Gasteiger partial charge in [-0.05, 0) is 64.0 Å². The number of carbonyl (C=O) groups excluding carboxylic acids is 3. The van der Waals surface area contributed by atoms with Gasteiger partial charge >= 0.3 is 5.97 Å². The molecule has 11 nitrogen and oxygen atoms in total. The van der Waals surface area contributed by atoms with E-state index < -0.39 is 54.0 Å². The number of aliphatic hydroxyl groups is 1. The fraction of sp³-hybridized carbons (Fsp3) is 0.800. The van der Waals surface area contributed by atoms with Gasteiger partial charge in [-0.15, -0.1) is 0 Å². The highest BCUT2D eigenvalue weighted by atomic mass is 32.2. The molecule has 0 spiro atoms. The third-order valence-electron chi connectivity index (χ3n) is 5.45. The van der Waals surface area contributed by atoms with Gasteiger partial charge in [0.1, 0.15) is 24.2 Å². The van der Waals surface area contributed by atoms with Crippen molar-refractivity contribution in [3.05, 3.63) is 0 Å². The number of carboxylic acid groups (broad SMARTS) is 1. The number of hydrogen-bond donors (Lipinski definition) is 6. The van der Waals surface area contributed by atoms with Crippen LogP contribution in [-0.4, -0.2) is 94.2 Å². The summed E-state index contributed by atoms with van der Waals surface area (Å²) in [5.41, 5.74) is 11.2. The molecule has 5 unspecified atom stereocenters. The maximum atomic E-state index is 13.1. The standard InChI is InChI=1S/C20H37N5O6S/c1-12(26)16(22)18(28)23-13(8-11-32-2)17(27)24-14(6-3-4-9-21)19(29)25-10-5-7-15(25)20(30)31/h12-16,26H,3-11,21-22H2,1-2H3,(H,23,28)(H,24,27)(H,30,31). The van der Waals surface area contributed by atoms with Crippen molar-refractivity contribution in [2.24, 2.45) is 11.5 Å². The van der Waals surface area contributed by atoms with Crippen LogP contribution in [0.25, 0.3) is 0 Å². The van der Waals surface area contributed by atoms with Gasteiger partial charge in [0.2, 0.25) is 17.7 Å². The lowest BCUT2D eigenvalue weighted by Crippen LogP contribution is -2.58. The second-order valence-electron chi connectivity index (χ2n) is 7.98. The summed E-state index contributed by atoms with van der Waals surface area (Å²) < 4.78 is 0. The molecule has 0 aromatic heterocycles. The zero-order valence-corrected chi connectivity index (χ0v) is 19.6. The van der Waals surface area contributed by atoms with Crippen LogP contribution < -0.4 is 22.1 Å². The molecule has 1 aliphatic heterocycles. The molecule has 1 saturated heterocycles.